The molecule has 0 bridgehead atoms. The highest BCUT2D eigenvalue weighted by Crippen LogP contribution is 2.23. The fourth-order valence-corrected chi connectivity index (χ4v) is 3.00. The monoisotopic (exact) mass is 358 g/mol. The number of nitro benzene ring substituents is 1. The Hall–Kier alpha value is -2.96. The highest BCUT2D eigenvalue weighted by Gasteiger charge is 2.25. The Balaban J connectivity index is 2.17. The second-order valence-electron chi connectivity index (χ2n) is 6.16. The van der Waals surface area contributed by atoms with Crippen LogP contribution in [0.15, 0.2) is 24.3 Å². The molecule has 1 aromatic heterocycles. The molecule has 0 aliphatic carbocycles. The maximum absolute atomic E-state index is 12.5. The Morgan fingerprint density at radius 2 is 1.92 bits per heavy atom. The van der Waals surface area contributed by atoms with Gasteiger partial charge >= 0.3 is 5.97 Å². The number of benzene rings is 1. The zero-order valence-electron chi connectivity index (χ0n) is 15.4. The molecule has 26 heavy (non-hydrogen) atoms. The number of esters is 1. The van der Waals surface area contributed by atoms with E-state index in [0.29, 0.717) is 11.1 Å². The van der Waals surface area contributed by atoms with Crippen molar-refractivity contribution in [2.45, 2.75) is 40.7 Å². The normalized spacial score (nSPS) is 10.6. The van der Waals surface area contributed by atoms with Gasteiger partial charge in [0.2, 0.25) is 5.78 Å². The van der Waals surface area contributed by atoms with Gasteiger partial charge in [-0.3, -0.25) is 14.9 Å². The van der Waals surface area contributed by atoms with Crippen LogP contribution in [0.25, 0.3) is 0 Å². The van der Waals surface area contributed by atoms with Crippen molar-refractivity contribution in [1.82, 2.24) is 4.57 Å². The van der Waals surface area contributed by atoms with Gasteiger partial charge in [0.1, 0.15) is 5.56 Å². The van der Waals surface area contributed by atoms with Gasteiger partial charge in [-0.15, -0.1) is 0 Å². The molecule has 2 aromatic rings. The van der Waals surface area contributed by atoms with Crippen molar-refractivity contribution in [3.05, 3.63) is 62.5 Å². The number of nitrogens with zero attached hydrogens (tertiary/aromatic N) is 2. The highest BCUT2D eigenvalue weighted by molar-refractivity contribution is 6.01. The number of carbonyl (C=O) groups is 2. The van der Waals surface area contributed by atoms with E-state index in [0.717, 1.165) is 24.4 Å². The molecule has 0 saturated carbocycles. The highest BCUT2D eigenvalue weighted by atomic mass is 16.6. The van der Waals surface area contributed by atoms with E-state index in [2.05, 4.69) is 6.92 Å². The van der Waals surface area contributed by atoms with Gasteiger partial charge in [-0.05, 0) is 38.8 Å². The number of hydrogen-bond donors (Lipinski definition) is 0. The standard InChI is InChI=1S/C19H22N2O5/c1-5-9-20-13(3)10-15(14(20)4)17(22)11-26-19(23)18-12(2)7-6-8-16(18)21(24)25/h6-8,10H,5,9,11H2,1-4H3. The minimum atomic E-state index is -0.870. The summed E-state index contributed by atoms with van der Waals surface area (Å²) in [4.78, 5) is 35.2. The third kappa shape index (κ3) is 3.82. The summed E-state index contributed by atoms with van der Waals surface area (Å²) in [5, 5.41) is 11.1. The molecule has 7 heteroatoms. The van der Waals surface area contributed by atoms with Crippen molar-refractivity contribution in [2.24, 2.45) is 0 Å². The van der Waals surface area contributed by atoms with Crippen LogP contribution in [0.4, 0.5) is 5.69 Å². The molecule has 0 amide bonds. The molecule has 0 radical (unpaired) electrons. The summed E-state index contributed by atoms with van der Waals surface area (Å²) >= 11 is 0. The van der Waals surface area contributed by atoms with Crippen LogP contribution >= 0.6 is 0 Å². The van der Waals surface area contributed by atoms with Crippen LogP contribution in [0.3, 0.4) is 0 Å². The minimum Gasteiger partial charge on any atom is -0.453 e. The number of rotatable bonds is 7. The molecule has 7 nitrogen and oxygen atoms in total. The second-order valence-corrected chi connectivity index (χ2v) is 6.16. The van der Waals surface area contributed by atoms with E-state index in [1.807, 2.05) is 18.4 Å². The van der Waals surface area contributed by atoms with E-state index in [1.54, 1.807) is 19.1 Å². The Morgan fingerprint density at radius 1 is 1.23 bits per heavy atom. The molecule has 0 fully saturated rings. The Labute approximate surface area is 151 Å². The lowest BCUT2D eigenvalue weighted by atomic mass is 10.1. The third-order valence-electron chi connectivity index (χ3n) is 4.31. The van der Waals surface area contributed by atoms with Gasteiger partial charge in [0.15, 0.2) is 6.61 Å². The molecular formula is C19H22N2O5. The molecule has 0 aliphatic heterocycles. The van der Waals surface area contributed by atoms with E-state index in [1.165, 1.54) is 12.1 Å². The first-order valence-electron chi connectivity index (χ1n) is 8.39. The van der Waals surface area contributed by atoms with Crippen LogP contribution in [0.5, 0.6) is 0 Å². The lowest BCUT2D eigenvalue weighted by Gasteiger charge is -2.09. The van der Waals surface area contributed by atoms with E-state index in [-0.39, 0.29) is 17.0 Å². The number of carbonyl (C=O) groups excluding carboxylic acids is 2. The largest absolute Gasteiger partial charge is 0.453 e. The Bertz CT molecular complexity index is 867. The van der Waals surface area contributed by atoms with Gasteiger partial charge in [-0.25, -0.2) is 4.79 Å². The van der Waals surface area contributed by atoms with Gasteiger partial charge in [-0.2, -0.15) is 0 Å². The predicted octanol–water partition coefficient (Wildman–Crippen LogP) is 3.77. The summed E-state index contributed by atoms with van der Waals surface area (Å²) < 4.78 is 7.12. The molecule has 138 valence electrons. The summed E-state index contributed by atoms with van der Waals surface area (Å²) in [7, 11) is 0. The molecule has 0 aliphatic rings. The first-order chi connectivity index (χ1) is 12.3. The molecule has 2 rings (SSSR count). The van der Waals surface area contributed by atoms with Crippen molar-refractivity contribution in [1.29, 1.82) is 0 Å². The molecule has 0 unspecified atom stereocenters. The van der Waals surface area contributed by atoms with Gasteiger partial charge < -0.3 is 9.30 Å². The number of aryl methyl sites for hydroxylation is 2. The van der Waals surface area contributed by atoms with E-state index in [4.69, 9.17) is 4.74 Å². The minimum absolute atomic E-state index is 0.123. The summed E-state index contributed by atoms with van der Waals surface area (Å²) in [6.45, 7) is 7.76. The summed E-state index contributed by atoms with van der Waals surface area (Å²) in [5.41, 5.74) is 2.27. The van der Waals surface area contributed by atoms with Gasteiger partial charge in [0.05, 0.1) is 4.92 Å². The predicted molar refractivity (Wildman–Crippen MR) is 96.6 cm³/mol. The molecule has 0 saturated heterocycles. The van der Waals surface area contributed by atoms with Gasteiger partial charge in [-0.1, -0.05) is 19.1 Å². The molecule has 1 heterocycles. The Morgan fingerprint density at radius 3 is 2.54 bits per heavy atom. The molecular weight excluding hydrogens is 336 g/mol. The number of ether oxygens (including phenoxy) is 1. The maximum atomic E-state index is 12.5. The van der Waals surface area contributed by atoms with Crippen LogP contribution in [-0.4, -0.2) is 27.8 Å². The van der Waals surface area contributed by atoms with Crippen molar-refractivity contribution in [3.8, 4) is 0 Å². The number of aromatic nitrogens is 1. The fourth-order valence-electron chi connectivity index (χ4n) is 3.00. The number of Topliss-reactive ketones (excluding diaryl/α,β-unsaturated/α-hetero) is 1. The van der Waals surface area contributed by atoms with Crippen molar-refractivity contribution < 1.29 is 19.2 Å². The topological polar surface area (TPSA) is 91.4 Å². The number of nitro groups is 1. The summed E-state index contributed by atoms with van der Waals surface area (Å²) in [6.07, 6.45) is 0.940. The van der Waals surface area contributed by atoms with E-state index >= 15 is 0 Å². The molecule has 0 N–H and O–H groups in total. The average Bonchev–Trinajstić information content (AvgIpc) is 2.87. The van der Waals surface area contributed by atoms with Crippen LogP contribution in [0, 0.1) is 30.9 Å². The number of hydrogen-bond acceptors (Lipinski definition) is 5. The fraction of sp³-hybridized carbons (Fsp3) is 0.368. The van der Waals surface area contributed by atoms with Crippen molar-refractivity contribution in [3.63, 3.8) is 0 Å². The quantitative estimate of drug-likeness (QED) is 0.325. The molecule has 0 atom stereocenters. The van der Waals surface area contributed by atoms with Crippen molar-refractivity contribution in [2.75, 3.05) is 6.61 Å². The average molecular weight is 358 g/mol. The van der Waals surface area contributed by atoms with Crippen LogP contribution < -0.4 is 0 Å². The van der Waals surface area contributed by atoms with Gasteiger partial charge in [0.25, 0.3) is 5.69 Å². The first kappa shape index (κ1) is 19.4. The summed E-state index contributed by atoms with van der Waals surface area (Å²) in [5.74, 6) is -1.20. The van der Waals surface area contributed by atoms with E-state index < -0.39 is 17.5 Å². The second kappa shape index (κ2) is 7.95. The smallest absolute Gasteiger partial charge is 0.345 e. The summed E-state index contributed by atoms with van der Waals surface area (Å²) in [6, 6.07) is 6.10. The SMILES string of the molecule is CCCn1c(C)cc(C(=O)COC(=O)c2c(C)cccc2[N+](=O)[O-])c1C. The van der Waals surface area contributed by atoms with Crippen LogP contribution in [0.1, 0.15) is 51.0 Å². The van der Waals surface area contributed by atoms with E-state index in [9.17, 15) is 19.7 Å². The zero-order valence-corrected chi connectivity index (χ0v) is 15.4. The first-order valence-corrected chi connectivity index (χ1v) is 8.39. The molecule has 1 aromatic carbocycles. The third-order valence-corrected chi connectivity index (χ3v) is 4.31. The van der Waals surface area contributed by atoms with Crippen LogP contribution in [0.2, 0.25) is 0 Å². The lowest BCUT2D eigenvalue weighted by molar-refractivity contribution is -0.385. The number of ketones is 1. The molecule has 0 spiro atoms. The Kier molecular flexibility index (Phi) is 5.92. The zero-order chi connectivity index (χ0) is 19.4. The lowest BCUT2D eigenvalue weighted by Crippen LogP contribution is -2.17. The van der Waals surface area contributed by atoms with Gasteiger partial charge in [0, 0.05) is 29.6 Å². The maximum Gasteiger partial charge on any atom is 0.345 e. The van der Waals surface area contributed by atoms with Crippen LogP contribution in [-0.2, 0) is 11.3 Å². The van der Waals surface area contributed by atoms with Crippen molar-refractivity contribution >= 4 is 17.4 Å².